The van der Waals surface area contributed by atoms with Gasteiger partial charge in [-0.1, -0.05) is 24.3 Å². The van der Waals surface area contributed by atoms with E-state index in [1.54, 1.807) is 17.0 Å². The molecule has 0 unspecified atom stereocenters. The highest BCUT2D eigenvalue weighted by Crippen LogP contribution is 2.14. The molecule has 2 aromatic rings. The van der Waals surface area contributed by atoms with Crippen molar-refractivity contribution in [3.63, 3.8) is 0 Å². The number of aromatic nitrogens is 1. The van der Waals surface area contributed by atoms with Crippen molar-refractivity contribution in [2.75, 3.05) is 12.8 Å². The Labute approximate surface area is 130 Å². The molecule has 0 aliphatic rings. The molecule has 1 aromatic heterocycles. The van der Waals surface area contributed by atoms with E-state index in [-0.39, 0.29) is 23.5 Å². The van der Waals surface area contributed by atoms with Crippen molar-refractivity contribution in [3.8, 4) is 0 Å². The molecule has 0 saturated heterocycles. The number of nitrogens with two attached hydrogens (primary N) is 1. The van der Waals surface area contributed by atoms with Gasteiger partial charge in [0.25, 0.3) is 0 Å². The van der Waals surface area contributed by atoms with Crippen molar-refractivity contribution in [1.82, 2.24) is 4.57 Å². The quantitative estimate of drug-likeness (QED) is 0.855. The third kappa shape index (κ3) is 3.72. The number of carbonyl (C=O) groups is 1. The average Bonchev–Trinajstić information content (AvgIpc) is 2.46. The monoisotopic (exact) mass is 350 g/mol. The fourth-order valence-electron chi connectivity index (χ4n) is 2.02. The minimum absolute atomic E-state index is 0.176. The van der Waals surface area contributed by atoms with Crippen LogP contribution in [0.1, 0.15) is 11.1 Å². The second kappa shape index (κ2) is 6.58. The first-order valence-electron chi connectivity index (χ1n) is 6.30. The molecule has 21 heavy (non-hydrogen) atoms. The van der Waals surface area contributed by atoms with Crippen LogP contribution in [0, 0.1) is 0 Å². The van der Waals surface area contributed by atoms with Crippen molar-refractivity contribution in [1.29, 1.82) is 0 Å². The number of ether oxygens (including phenoxy) is 1. The molecule has 0 fully saturated rings. The van der Waals surface area contributed by atoms with E-state index < -0.39 is 0 Å². The smallest absolute Gasteiger partial charge is 0.309 e. The molecular formula is C15H15BrN2O3. The van der Waals surface area contributed by atoms with E-state index in [9.17, 15) is 9.59 Å². The molecule has 110 valence electrons. The van der Waals surface area contributed by atoms with E-state index in [1.807, 2.05) is 24.3 Å². The zero-order chi connectivity index (χ0) is 15.4. The van der Waals surface area contributed by atoms with Crippen LogP contribution in [0.4, 0.5) is 5.69 Å². The van der Waals surface area contributed by atoms with Crippen molar-refractivity contribution >= 4 is 27.6 Å². The number of nitrogen functional groups attached to an aromatic ring is 1. The van der Waals surface area contributed by atoms with E-state index in [0.717, 1.165) is 11.1 Å². The summed E-state index contributed by atoms with van der Waals surface area (Å²) in [7, 11) is 1.37. The predicted molar refractivity (Wildman–Crippen MR) is 84.1 cm³/mol. The Morgan fingerprint density at radius 1 is 1.29 bits per heavy atom. The first kappa shape index (κ1) is 15.3. The fraction of sp³-hybridized carbons (Fsp3) is 0.200. The Morgan fingerprint density at radius 3 is 2.57 bits per heavy atom. The molecule has 0 bridgehead atoms. The molecule has 0 spiro atoms. The number of anilines is 1. The summed E-state index contributed by atoms with van der Waals surface area (Å²) in [5.74, 6) is -0.289. The SMILES string of the molecule is COC(=O)Cc1ccccc1Cn1cc(N)c(=O)c(Br)c1. The number of halogens is 1. The minimum atomic E-state index is -0.289. The molecule has 6 heteroatoms. The van der Waals surface area contributed by atoms with Crippen LogP contribution in [0.2, 0.25) is 0 Å². The largest absolute Gasteiger partial charge is 0.469 e. The molecule has 2 rings (SSSR count). The lowest BCUT2D eigenvalue weighted by atomic mass is 10.0. The Kier molecular flexibility index (Phi) is 4.80. The van der Waals surface area contributed by atoms with Gasteiger partial charge < -0.3 is 15.0 Å². The maximum absolute atomic E-state index is 11.6. The highest BCUT2D eigenvalue weighted by atomic mass is 79.9. The normalized spacial score (nSPS) is 10.4. The predicted octanol–water partition coefficient (Wildman–Crippen LogP) is 1.96. The first-order chi connectivity index (χ1) is 10.0. The van der Waals surface area contributed by atoms with E-state index in [2.05, 4.69) is 15.9 Å². The topological polar surface area (TPSA) is 74.3 Å². The van der Waals surface area contributed by atoms with Crippen LogP contribution >= 0.6 is 15.9 Å². The lowest BCUT2D eigenvalue weighted by Gasteiger charge is -2.12. The molecule has 0 saturated carbocycles. The molecule has 0 aliphatic heterocycles. The Morgan fingerprint density at radius 2 is 1.95 bits per heavy atom. The number of carbonyl (C=O) groups excluding carboxylic acids is 1. The first-order valence-corrected chi connectivity index (χ1v) is 7.09. The van der Waals surface area contributed by atoms with Crippen LogP contribution in [-0.2, 0) is 22.5 Å². The zero-order valence-electron chi connectivity index (χ0n) is 11.5. The van der Waals surface area contributed by atoms with Gasteiger partial charge in [-0.05, 0) is 27.1 Å². The van der Waals surface area contributed by atoms with Gasteiger partial charge >= 0.3 is 5.97 Å². The van der Waals surface area contributed by atoms with Crippen molar-refractivity contribution < 1.29 is 9.53 Å². The molecule has 2 N–H and O–H groups in total. The van der Waals surface area contributed by atoms with Crippen molar-refractivity contribution in [2.24, 2.45) is 0 Å². The van der Waals surface area contributed by atoms with Crippen LogP contribution in [0.3, 0.4) is 0 Å². The second-order valence-corrected chi connectivity index (χ2v) is 5.44. The molecule has 0 atom stereocenters. The molecule has 0 radical (unpaired) electrons. The fourth-order valence-corrected chi connectivity index (χ4v) is 2.51. The summed E-state index contributed by atoms with van der Waals surface area (Å²) >= 11 is 3.19. The number of esters is 1. The maximum atomic E-state index is 11.6. The number of pyridine rings is 1. The summed E-state index contributed by atoms with van der Waals surface area (Å²) in [6.45, 7) is 0.510. The third-order valence-electron chi connectivity index (χ3n) is 3.10. The summed E-state index contributed by atoms with van der Waals surface area (Å²) in [6, 6.07) is 7.59. The van der Waals surface area contributed by atoms with Gasteiger partial charge in [0, 0.05) is 18.9 Å². The van der Waals surface area contributed by atoms with E-state index in [4.69, 9.17) is 10.5 Å². The second-order valence-electron chi connectivity index (χ2n) is 4.58. The molecule has 0 amide bonds. The zero-order valence-corrected chi connectivity index (χ0v) is 13.1. The average molecular weight is 351 g/mol. The standard InChI is InChI=1S/C15H15BrN2O3/c1-21-14(19)6-10-4-2-3-5-11(10)7-18-8-12(16)15(20)13(17)9-18/h2-5,8-9H,6-7,17H2,1H3. The number of benzene rings is 1. The van der Waals surface area contributed by atoms with Gasteiger partial charge in [-0.3, -0.25) is 9.59 Å². The number of rotatable bonds is 4. The van der Waals surface area contributed by atoms with Crippen LogP contribution in [0.25, 0.3) is 0 Å². The maximum Gasteiger partial charge on any atom is 0.309 e. The van der Waals surface area contributed by atoms with Gasteiger partial charge in [-0.15, -0.1) is 0 Å². The highest BCUT2D eigenvalue weighted by molar-refractivity contribution is 9.10. The van der Waals surface area contributed by atoms with E-state index in [0.29, 0.717) is 11.0 Å². The van der Waals surface area contributed by atoms with Crippen LogP contribution in [-0.4, -0.2) is 17.6 Å². The molecule has 1 heterocycles. The van der Waals surface area contributed by atoms with E-state index in [1.165, 1.54) is 7.11 Å². The summed E-state index contributed by atoms with van der Waals surface area (Å²) < 4.78 is 6.91. The van der Waals surface area contributed by atoms with Crippen molar-refractivity contribution in [3.05, 3.63) is 62.5 Å². The lowest BCUT2D eigenvalue weighted by Crippen LogP contribution is -2.14. The third-order valence-corrected chi connectivity index (χ3v) is 3.66. The van der Waals surface area contributed by atoms with Gasteiger partial charge in [0.1, 0.15) is 0 Å². The van der Waals surface area contributed by atoms with Gasteiger partial charge in [0.05, 0.1) is 23.7 Å². The Balaban J connectivity index is 2.31. The van der Waals surface area contributed by atoms with Crippen LogP contribution < -0.4 is 11.2 Å². The van der Waals surface area contributed by atoms with Gasteiger partial charge in [0.15, 0.2) is 0 Å². The van der Waals surface area contributed by atoms with E-state index >= 15 is 0 Å². The van der Waals surface area contributed by atoms with Gasteiger partial charge in [-0.2, -0.15) is 0 Å². The lowest BCUT2D eigenvalue weighted by molar-refractivity contribution is -0.139. The number of hydrogen-bond acceptors (Lipinski definition) is 4. The molecule has 1 aromatic carbocycles. The Bertz CT molecular complexity index is 699. The Hall–Kier alpha value is -2.08. The summed E-state index contributed by atoms with van der Waals surface area (Å²) in [5, 5.41) is 0. The number of hydrogen-bond donors (Lipinski definition) is 1. The van der Waals surface area contributed by atoms with Crippen molar-refractivity contribution in [2.45, 2.75) is 13.0 Å². The summed E-state index contributed by atoms with van der Waals surface area (Å²) in [5.41, 5.74) is 7.48. The number of nitrogens with zero attached hydrogens (tertiary/aromatic N) is 1. The summed E-state index contributed by atoms with van der Waals surface area (Å²) in [6.07, 6.45) is 3.47. The highest BCUT2D eigenvalue weighted by Gasteiger charge is 2.09. The van der Waals surface area contributed by atoms with Crippen LogP contribution in [0.5, 0.6) is 0 Å². The minimum Gasteiger partial charge on any atom is -0.469 e. The molecular weight excluding hydrogens is 336 g/mol. The number of methoxy groups -OCH3 is 1. The van der Waals surface area contributed by atoms with Crippen LogP contribution in [0.15, 0.2) is 45.9 Å². The molecule has 0 aliphatic carbocycles. The van der Waals surface area contributed by atoms with Gasteiger partial charge in [-0.25, -0.2) is 0 Å². The van der Waals surface area contributed by atoms with Gasteiger partial charge in [0.2, 0.25) is 5.43 Å². The molecule has 5 nitrogen and oxygen atoms in total. The summed E-state index contributed by atoms with van der Waals surface area (Å²) in [4.78, 5) is 23.0.